The number of carbonyl (C=O) groups is 1. The zero-order chi connectivity index (χ0) is 15.4. The molecule has 0 aliphatic carbocycles. The van der Waals surface area contributed by atoms with E-state index >= 15 is 0 Å². The maximum atomic E-state index is 13.1. The third-order valence-corrected chi connectivity index (χ3v) is 3.14. The summed E-state index contributed by atoms with van der Waals surface area (Å²) in [6.45, 7) is 2.03. The van der Waals surface area contributed by atoms with Crippen molar-refractivity contribution < 1.29 is 18.3 Å². The van der Waals surface area contributed by atoms with Crippen molar-refractivity contribution in [3.8, 4) is 0 Å². The standard InChI is InChI=1S/C16H15F2NO2/c1-10-14(16(20)21-2)4-3-5-15(10)19-9-11-6-12(17)8-13(18)7-11/h3-8,19H,9H2,1-2H3. The molecule has 2 aromatic rings. The topological polar surface area (TPSA) is 38.3 Å². The lowest BCUT2D eigenvalue weighted by molar-refractivity contribution is 0.0600. The van der Waals surface area contributed by atoms with E-state index in [1.54, 1.807) is 25.1 Å². The van der Waals surface area contributed by atoms with E-state index in [9.17, 15) is 13.6 Å². The number of carbonyl (C=O) groups excluding carboxylic acids is 1. The van der Waals surface area contributed by atoms with E-state index in [-0.39, 0.29) is 6.54 Å². The van der Waals surface area contributed by atoms with E-state index in [1.807, 2.05) is 0 Å². The molecule has 0 spiro atoms. The second-order valence-corrected chi connectivity index (χ2v) is 4.60. The maximum Gasteiger partial charge on any atom is 0.338 e. The fourth-order valence-electron chi connectivity index (χ4n) is 2.07. The van der Waals surface area contributed by atoms with E-state index in [0.29, 0.717) is 16.8 Å². The highest BCUT2D eigenvalue weighted by Gasteiger charge is 2.11. The van der Waals surface area contributed by atoms with Crippen LogP contribution in [0.15, 0.2) is 36.4 Å². The Kier molecular flexibility index (Phi) is 4.52. The van der Waals surface area contributed by atoms with Crippen LogP contribution in [0.1, 0.15) is 21.5 Å². The van der Waals surface area contributed by atoms with Crippen LogP contribution >= 0.6 is 0 Å². The van der Waals surface area contributed by atoms with E-state index in [1.165, 1.54) is 19.2 Å². The first-order chi connectivity index (χ1) is 10.0. The van der Waals surface area contributed by atoms with Gasteiger partial charge in [-0.2, -0.15) is 0 Å². The zero-order valence-corrected chi connectivity index (χ0v) is 11.7. The smallest absolute Gasteiger partial charge is 0.338 e. The van der Waals surface area contributed by atoms with Gasteiger partial charge in [0.15, 0.2) is 0 Å². The van der Waals surface area contributed by atoms with Crippen molar-refractivity contribution in [2.45, 2.75) is 13.5 Å². The number of halogens is 2. The lowest BCUT2D eigenvalue weighted by Crippen LogP contribution is -2.07. The predicted molar refractivity (Wildman–Crippen MR) is 76.2 cm³/mol. The molecule has 0 bridgehead atoms. The van der Waals surface area contributed by atoms with Gasteiger partial charge in [-0.05, 0) is 42.3 Å². The minimum atomic E-state index is -0.619. The maximum absolute atomic E-state index is 13.1. The second kappa shape index (κ2) is 6.35. The second-order valence-electron chi connectivity index (χ2n) is 4.60. The highest BCUT2D eigenvalue weighted by atomic mass is 19.1. The Morgan fingerprint density at radius 1 is 1.19 bits per heavy atom. The van der Waals surface area contributed by atoms with Crippen molar-refractivity contribution >= 4 is 11.7 Å². The molecule has 0 aliphatic heterocycles. The van der Waals surface area contributed by atoms with Crippen LogP contribution in [0.5, 0.6) is 0 Å². The molecule has 0 heterocycles. The molecule has 2 rings (SSSR count). The van der Waals surface area contributed by atoms with E-state index < -0.39 is 17.6 Å². The number of methoxy groups -OCH3 is 1. The van der Waals surface area contributed by atoms with E-state index in [2.05, 4.69) is 5.32 Å². The molecule has 0 saturated heterocycles. The van der Waals surface area contributed by atoms with Gasteiger partial charge in [0, 0.05) is 18.3 Å². The van der Waals surface area contributed by atoms with Gasteiger partial charge >= 0.3 is 5.97 Å². The van der Waals surface area contributed by atoms with Crippen molar-refractivity contribution in [1.82, 2.24) is 0 Å². The number of esters is 1. The highest BCUT2D eigenvalue weighted by Crippen LogP contribution is 2.20. The van der Waals surface area contributed by atoms with Crippen LogP contribution in [-0.2, 0) is 11.3 Å². The van der Waals surface area contributed by atoms with Crippen LogP contribution in [0.25, 0.3) is 0 Å². The van der Waals surface area contributed by atoms with Crippen LogP contribution in [-0.4, -0.2) is 13.1 Å². The Labute approximate surface area is 121 Å². The van der Waals surface area contributed by atoms with E-state index in [0.717, 1.165) is 11.6 Å². The fourth-order valence-corrected chi connectivity index (χ4v) is 2.07. The van der Waals surface area contributed by atoms with Gasteiger partial charge in [-0.1, -0.05) is 6.07 Å². The minimum absolute atomic E-state index is 0.250. The molecule has 110 valence electrons. The molecule has 3 nitrogen and oxygen atoms in total. The van der Waals surface area contributed by atoms with Crippen molar-refractivity contribution in [1.29, 1.82) is 0 Å². The summed E-state index contributed by atoms with van der Waals surface area (Å²) < 4.78 is 30.9. The van der Waals surface area contributed by atoms with Gasteiger partial charge < -0.3 is 10.1 Å². The molecule has 0 amide bonds. The molecule has 0 saturated carbocycles. The Balaban J connectivity index is 2.18. The predicted octanol–water partition coefficient (Wildman–Crippen LogP) is 3.67. The van der Waals surface area contributed by atoms with Gasteiger partial charge in [0.25, 0.3) is 0 Å². The number of benzene rings is 2. The van der Waals surface area contributed by atoms with Gasteiger partial charge in [0.1, 0.15) is 11.6 Å². The lowest BCUT2D eigenvalue weighted by atomic mass is 10.1. The molecule has 0 aliphatic rings. The molecular formula is C16H15F2NO2. The van der Waals surface area contributed by atoms with Crippen molar-refractivity contribution in [2.75, 3.05) is 12.4 Å². The number of nitrogens with one attached hydrogen (secondary N) is 1. The molecule has 0 aromatic heterocycles. The average molecular weight is 291 g/mol. The van der Waals surface area contributed by atoms with Crippen LogP contribution in [0, 0.1) is 18.6 Å². The van der Waals surface area contributed by atoms with Crippen LogP contribution in [0.2, 0.25) is 0 Å². The van der Waals surface area contributed by atoms with Gasteiger partial charge in [-0.15, -0.1) is 0 Å². The molecule has 21 heavy (non-hydrogen) atoms. The molecule has 2 aromatic carbocycles. The first-order valence-electron chi connectivity index (χ1n) is 6.38. The van der Waals surface area contributed by atoms with Gasteiger partial charge in [0.05, 0.1) is 12.7 Å². The van der Waals surface area contributed by atoms with Crippen molar-refractivity contribution in [3.63, 3.8) is 0 Å². The average Bonchev–Trinajstić information content (AvgIpc) is 2.44. The third-order valence-electron chi connectivity index (χ3n) is 3.14. The van der Waals surface area contributed by atoms with Gasteiger partial charge in [-0.3, -0.25) is 0 Å². The molecule has 0 fully saturated rings. The van der Waals surface area contributed by atoms with Gasteiger partial charge in [0.2, 0.25) is 0 Å². The van der Waals surface area contributed by atoms with Crippen molar-refractivity contribution in [2.24, 2.45) is 0 Å². The van der Waals surface area contributed by atoms with Crippen LogP contribution in [0.4, 0.5) is 14.5 Å². The quantitative estimate of drug-likeness (QED) is 0.873. The Morgan fingerprint density at radius 2 is 1.86 bits per heavy atom. The Hall–Kier alpha value is -2.43. The molecule has 5 heteroatoms. The fraction of sp³-hybridized carbons (Fsp3) is 0.188. The molecule has 1 N–H and O–H groups in total. The summed E-state index contributed by atoms with van der Waals surface area (Å²) in [5, 5.41) is 3.06. The third kappa shape index (κ3) is 3.56. The summed E-state index contributed by atoms with van der Waals surface area (Å²) in [7, 11) is 1.32. The molecule has 0 unspecified atom stereocenters. The molecule has 0 atom stereocenters. The van der Waals surface area contributed by atoms with E-state index in [4.69, 9.17) is 4.74 Å². The monoisotopic (exact) mass is 291 g/mol. The largest absolute Gasteiger partial charge is 0.465 e. The number of hydrogen-bond donors (Lipinski definition) is 1. The summed E-state index contributed by atoms with van der Waals surface area (Å²) in [5.74, 6) is -1.66. The number of anilines is 1. The zero-order valence-electron chi connectivity index (χ0n) is 11.7. The summed E-state index contributed by atoms with van der Waals surface area (Å²) in [4.78, 5) is 11.6. The SMILES string of the molecule is COC(=O)c1cccc(NCc2cc(F)cc(F)c2)c1C. The van der Waals surface area contributed by atoms with Crippen molar-refractivity contribution in [3.05, 3.63) is 64.7 Å². The summed E-state index contributed by atoms with van der Waals surface area (Å²) >= 11 is 0. The minimum Gasteiger partial charge on any atom is -0.465 e. The molecular weight excluding hydrogens is 276 g/mol. The summed E-state index contributed by atoms with van der Waals surface area (Å²) in [5.41, 5.74) is 2.37. The number of rotatable bonds is 4. The number of hydrogen-bond acceptors (Lipinski definition) is 3. The first kappa shape index (κ1) is 15.0. The normalized spacial score (nSPS) is 10.3. The first-order valence-corrected chi connectivity index (χ1v) is 6.38. The summed E-state index contributed by atoms with van der Waals surface area (Å²) in [6.07, 6.45) is 0. The van der Waals surface area contributed by atoms with Crippen LogP contribution < -0.4 is 5.32 Å². The summed E-state index contributed by atoms with van der Waals surface area (Å²) in [6, 6.07) is 8.51. The number of ether oxygens (including phenoxy) is 1. The molecule has 0 radical (unpaired) electrons. The Morgan fingerprint density at radius 3 is 2.48 bits per heavy atom. The van der Waals surface area contributed by atoms with Crippen LogP contribution in [0.3, 0.4) is 0 Å². The lowest BCUT2D eigenvalue weighted by Gasteiger charge is -2.12. The van der Waals surface area contributed by atoms with Gasteiger partial charge in [-0.25, -0.2) is 13.6 Å². The Bertz CT molecular complexity index is 651. The highest BCUT2D eigenvalue weighted by molar-refractivity contribution is 5.92.